The van der Waals surface area contributed by atoms with E-state index >= 15 is 0 Å². The molecule has 0 fully saturated rings. The first-order valence-corrected chi connectivity index (χ1v) is 5.10. The molecule has 2 N–H and O–H groups in total. The monoisotopic (exact) mass is 281 g/mol. The lowest BCUT2D eigenvalue weighted by atomic mass is 10.2. The van der Waals surface area contributed by atoms with E-state index in [9.17, 15) is 9.59 Å². The van der Waals surface area contributed by atoms with Crippen molar-refractivity contribution in [1.82, 2.24) is 0 Å². The maximum Gasteiger partial charge on any atom is 0.335 e. The topological polar surface area (TPSA) is 66.4 Å². The van der Waals surface area contributed by atoms with Crippen LogP contribution in [0.3, 0.4) is 0 Å². The summed E-state index contributed by atoms with van der Waals surface area (Å²) in [5.41, 5.74) is 0.486. The lowest BCUT2D eigenvalue weighted by Crippen LogP contribution is -2.11. The normalized spacial score (nSPS) is 9.25. The van der Waals surface area contributed by atoms with Gasteiger partial charge in [-0.1, -0.05) is 5.92 Å². The van der Waals surface area contributed by atoms with Crippen LogP contribution in [0.2, 0.25) is 0 Å². The summed E-state index contributed by atoms with van der Waals surface area (Å²) in [4.78, 5) is 21.9. The number of carboxylic acids is 1. The van der Waals surface area contributed by atoms with Crippen LogP contribution in [0.5, 0.6) is 0 Å². The number of anilines is 1. The van der Waals surface area contributed by atoms with E-state index in [2.05, 4.69) is 27.2 Å². The van der Waals surface area contributed by atoms with Crippen LogP contribution >= 0.6 is 15.9 Å². The number of hydrogen-bond donors (Lipinski definition) is 2. The highest BCUT2D eigenvalue weighted by atomic mass is 79.9. The molecule has 0 atom stereocenters. The van der Waals surface area contributed by atoms with E-state index < -0.39 is 5.97 Å². The van der Waals surface area contributed by atoms with Gasteiger partial charge in [0.05, 0.1) is 17.7 Å². The number of rotatable bonds is 3. The quantitative estimate of drug-likeness (QED) is 0.834. The second-order valence-electron chi connectivity index (χ2n) is 2.93. The molecule has 0 radical (unpaired) electrons. The Bertz CT molecular complexity index is 477. The van der Waals surface area contributed by atoms with Crippen LogP contribution < -0.4 is 5.32 Å². The van der Waals surface area contributed by atoms with Crippen LogP contribution in [0, 0.1) is 12.3 Å². The van der Waals surface area contributed by atoms with Crippen molar-refractivity contribution in [2.45, 2.75) is 6.42 Å². The van der Waals surface area contributed by atoms with Crippen molar-refractivity contribution in [2.24, 2.45) is 0 Å². The average Bonchev–Trinajstić information content (AvgIpc) is 2.21. The smallest absolute Gasteiger partial charge is 0.335 e. The first kappa shape index (κ1) is 12.3. The van der Waals surface area contributed by atoms with Crippen molar-refractivity contribution >= 4 is 33.5 Å². The summed E-state index contributed by atoms with van der Waals surface area (Å²) in [6.07, 6.45) is 4.93. The Balaban J connectivity index is 2.95. The summed E-state index contributed by atoms with van der Waals surface area (Å²) in [5.74, 6) is 0.789. The second kappa shape index (κ2) is 5.33. The van der Waals surface area contributed by atoms with Gasteiger partial charge in [0.2, 0.25) is 5.91 Å². The highest BCUT2D eigenvalue weighted by Crippen LogP contribution is 2.23. The number of nitrogens with one attached hydrogen (secondary N) is 1. The van der Waals surface area contributed by atoms with E-state index in [4.69, 9.17) is 11.5 Å². The number of terminal acetylenes is 1. The molecule has 4 nitrogen and oxygen atoms in total. The van der Waals surface area contributed by atoms with Gasteiger partial charge < -0.3 is 10.4 Å². The number of carbonyl (C=O) groups excluding carboxylic acids is 1. The van der Waals surface area contributed by atoms with Crippen molar-refractivity contribution in [2.75, 3.05) is 5.32 Å². The van der Waals surface area contributed by atoms with E-state index in [1.165, 1.54) is 12.1 Å². The van der Waals surface area contributed by atoms with Crippen molar-refractivity contribution in [3.63, 3.8) is 0 Å². The van der Waals surface area contributed by atoms with Gasteiger partial charge in [-0.3, -0.25) is 4.79 Å². The minimum Gasteiger partial charge on any atom is -0.478 e. The van der Waals surface area contributed by atoms with Gasteiger partial charge in [0.15, 0.2) is 0 Å². The number of amides is 1. The molecule has 82 valence electrons. The zero-order chi connectivity index (χ0) is 12.1. The van der Waals surface area contributed by atoms with Crippen LogP contribution in [0.25, 0.3) is 0 Å². The van der Waals surface area contributed by atoms with Crippen molar-refractivity contribution in [1.29, 1.82) is 0 Å². The van der Waals surface area contributed by atoms with Gasteiger partial charge in [0.25, 0.3) is 0 Å². The van der Waals surface area contributed by atoms with Gasteiger partial charge in [0, 0.05) is 4.47 Å². The van der Waals surface area contributed by atoms with Crippen LogP contribution in [0.15, 0.2) is 22.7 Å². The van der Waals surface area contributed by atoms with E-state index in [0.717, 1.165) is 0 Å². The van der Waals surface area contributed by atoms with Gasteiger partial charge in [-0.15, -0.1) is 6.42 Å². The Kier molecular flexibility index (Phi) is 4.09. The lowest BCUT2D eigenvalue weighted by Gasteiger charge is -2.06. The number of benzene rings is 1. The Hall–Kier alpha value is -1.80. The molecule has 0 spiro atoms. The summed E-state index contributed by atoms with van der Waals surface area (Å²) in [5, 5.41) is 11.3. The molecular weight excluding hydrogens is 274 g/mol. The molecule has 5 heteroatoms. The van der Waals surface area contributed by atoms with Gasteiger partial charge in [-0.2, -0.15) is 0 Å². The third-order valence-corrected chi connectivity index (χ3v) is 2.44. The van der Waals surface area contributed by atoms with E-state index in [1.54, 1.807) is 6.07 Å². The van der Waals surface area contributed by atoms with Crippen LogP contribution in [-0.2, 0) is 4.79 Å². The number of carbonyl (C=O) groups is 2. The fourth-order valence-electron chi connectivity index (χ4n) is 1.04. The molecule has 0 aliphatic rings. The molecule has 0 bridgehead atoms. The Morgan fingerprint density at radius 2 is 2.19 bits per heavy atom. The summed E-state index contributed by atoms with van der Waals surface area (Å²) >= 11 is 3.20. The van der Waals surface area contributed by atoms with E-state index in [1.807, 2.05) is 0 Å². The maximum atomic E-state index is 11.2. The Morgan fingerprint density at radius 3 is 2.75 bits per heavy atom. The predicted molar refractivity (Wildman–Crippen MR) is 63.2 cm³/mol. The lowest BCUT2D eigenvalue weighted by molar-refractivity contribution is -0.115. The molecule has 1 aromatic carbocycles. The van der Waals surface area contributed by atoms with Gasteiger partial charge in [-0.05, 0) is 34.1 Å². The molecule has 0 heterocycles. The number of carboxylic acid groups (broad SMARTS) is 1. The molecule has 16 heavy (non-hydrogen) atoms. The van der Waals surface area contributed by atoms with Crippen molar-refractivity contribution < 1.29 is 14.7 Å². The number of aromatic carboxylic acids is 1. The minimum absolute atomic E-state index is 0.0518. The molecule has 1 aromatic rings. The molecule has 0 aliphatic heterocycles. The SMILES string of the molecule is C#CCC(=O)Nc1cc(C(=O)O)ccc1Br. The maximum absolute atomic E-state index is 11.2. The highest BCUT2D eigenvalue weighted by molar-refractivity contribution is 9.10. The first-order chi connectivity index (χ1) is 7.54. The third-order valence-electron chi connectivity index (χ3n) is 1.75. The third kappa shape index (κ3) is 3.11. The van der Waals surface area contributed by atoms with Crippen LogP contribution in [-0.4, -0.2) is 17.0 Å². The second-order valence-corrected chi connectivity index (χ2v) is 3.78. The van der Waals surface area contributed by atoms with Crippen molar-refractivity contribution in [3.05, 3.63) is 28.2 Å². The molecule has 0 aliphatic carbocycles. The van der Waals surface area contributed by atoms with E-state index in [-0.39, 0.29) is 17.9 Å². The molecule has 1 amide bonds. The molecule has 1 rings (SSSR count). The average molecular weight is 282 g/mol. The summed E-state index contributed by atoms with van der Waals surface area (Å²) in [6.45, 7) is 0. The first-order valence-electron chi connectivity index (χ1n) is 4.30. The van der Waals surface area contributed by atoms with Crippen molar-refractivity contribution in [3.8, 4) is 12.3 Å². The summed E-state index contributed by atoms with van der Waals surface area (Å²) in [6, 6.07) is 4.35. The Morgan fingerprint density at radius 1 is 1.50 bits per heavy atom. The van der Waals surface area contributed by atoms with E-state index in [0.29, 0.717) is 10.2 Å². The summed E-state index contributed by atoms with van der Waals surface area (Å²) in [7, 11) is 0. The molecule has 0 saturated carbocycles. The minimum atomic E-state index is -1.06. The molecule has 0 aromatic heterocycles. The number of halogens is 1. The zero-order valence-corrected chi connectivity index (χ0v) is 9.74. The predicted octanol–water partition coefficient (Wildman–Crippen LogP) is 2.11. The van der Waals surface area contributed by atoms with Crippen LogP contribution in [0.1, 0.15) is 16.8 Å². The fourth-order valence-corrected chi connectivity index (χ4v) is 1.39. The van der Waals surface area contributed by atoms with Gasteiger partial charge >= 0.3 is 5.97 Å². The zero-order valence-electron chi connectivity index (χ0n) is 8.16. The van der Waals surface area contributed by atoms with Gasteiger partial charge in [0.1, 0.15) is 0 Å². The highest BCUT2D eigenvalue weighted by Gasteiger charge is 2.08. The fraction of sp³-hybridized carbons (Fsp3) is 0.0909. The largest absolute Gasteiger partial charge is 0.478 e. The Labute approximate surface area is 101 Å². The molecule has 0 unspecified atom stereocenters. The number of hydrogen-bond acceptors (Lipinski definition) is 2. The molecular formula is C11H8BrNO3. The van der Waals surface area contributed by atoms with Crippen LogP contribution in [0.4, 0.5) is 5.69 Å². The van der Waals surface area contributed by atoms with Gasteiger partial charge in [-0.25, -0.2) is 4.79 Å². The molecule has 0 saturated heterocycles. The standard InChI is InChI=1S/C11H8BrNO3/c1-2-3-10(14)13-9-6-7(11(15)16)4-5-8(9)12/h1,4-6H,3H2,(H,13,14)(H,15,16). The summed E-state index contributed by atoms with van der Waals surface area (Å²) < 4.78 is 0.600.